The summed E-state index contributed by atoms with van der Waals surface area (Å²) in [6.45, 7) is 10.0. The molecule has 2 rings (SSSR count). The van der Waals surface area contributed by atoms with E-state index in [4.69, 9.17) is 4.74 Å². The summed E-state index contributed by atoms with van der Waals surface area (Å²) in [5.74, 6) is 0.825. The maximum Gasteiger partial charge on any atom is 1.00 e. The van der Waals surface area contributed by atoms with Crippen molar-refractivity contribution in [2.75, 3.05) is 0 Å². The molecule has 4 heteroatoms. The Labute approximate surface area is 153 Å². The van der Waals surface area contributed by atoms with Crippen molar-refractivity contribution in [2.24, 2.45) is 0 Å². The van der Waals surface area contributed by atoms with Gasteiger partial charge >= 0.3 is 18.9 Å². The summed E-state index contributed by atoms with van der Waals surface area (Å²) < 4.78 is 5.80. The van der Waals surface area contributed by atoms with E-state index in [1.54, 1.807) is 0 Å². The van der Waals surface area contributed by atoms with Gasteiger partial charge in [0.15, 0.2) is 0 Å². The van der Waals surface area contributed by atoms with Crippen LogP contribution >= 0.6 is 8.58 Å². The molecule has 0 saturated carbocycles. The maximum atomic E-state index is 12.5. The van der Waals surface area contributed by atoms with Crippen molar-refractivity contribution in [3.8, 4) is 5.75 Å². The fourth-order valence-corrected chi connectivity index (χ4v) is 3.26. The van der Waals surface area contributed by atoms with Crippen LogP contribution in [-0.4, -0.2) is 11.1 Å². The molecule has 116 valence electrons. The van der Waals surface area contributed by atoms with E-state index < -0.39 is 0 Å². The van der Waals surface area contributed by atoms with Gasteiger partial charge in [-0.05, 0) is 63.4 Å². The molecule has 0 N–H and O–H groups in total. The average molecular weight is 320 g/mol. The molecule has 0 aliphatic carbocycles. The fourth-order valence-electron chi connectivity index (χ4n) is 2.27. The normalized spacial score (nSPS) is 11.3. The number of carbonyl (C=O) groups excluding carboxylic acids is 1. The van der Waals surface area contributed by atoms with Gasteiger partial charge in [0, 0.05) is 5.52 Å². The standard InChI is InChI=1S/C19H22O2P.Li/c1-13-7-6-8-14(2)17(13)18(20)22-16-11-9-15(10-12-16)21-19(3,4)5;/h6-12H,1-5H3;/q-1;+1. The second kappa shape index (κ2) is 8.16. The Morgan fingerprint density at radius 1 is 0.957 bits per heavy atom. The van der Waals surface area contributed by atoms with Gasteiger partial charge in [-0.1, -0.05) is 30.3 Å². The van der Waals surface area contributed by atoms with Crippen molar-refractivity contribution in [1.29, 1.82) is 0 Å². The summed E-state index contributed by atoms with van der Waals surface area (Å²) in [5, 5.41) is 0.980. The molecule has 2 aromatic rings. The van der Waals surface area contributed by atoms with Crippen LogP contribution in [-0.2, 0) is 0 Å². The molecule has 0 amide bonds. The van der Waals surface area contributed by atoms with E-state index in [9.17, 15) is 4.79 Å². The van der Waals surface area contributed by atoms with Gasteiger partial charge in [-0.25, -0.2) is 0 Å². The van der Waals surface area contributed by atoms with Gasteiger partial charge in [-0.15, -0.1) is 0 Å². The minimum atomic E-state index is -0.215. The largest absolute Gasteiger partial charge is 1.00 e. The molecule has 0 spiro atoms. The molecule has 0 heterocycles. The molecular weight excluding hydrogens is 298 g/mol. The zero-order chi connectivity index (χ0) is 16.3. The predicted molar refractivity (Wildman–Crippen MR) is 93.6 cm³/mol. The third-order valence-corrected chi connectivity index (χ3v) is 4.17. The molecule has 2 nitrogen and oxygen atoms in total. The monoisotopic (exact) mass is 320 g/mol. The second-order valence-corrected chi connectivity index (χ2v) is 7.54. The van der Waals surface area contributed by atoms with Crippen molar-refractivity contribution in [2.45, 2.75) is 40.2 Å². The maximum absolute atomic E-state index is 12.5. The number of carbonyl (C=O) groups is 1. The van der Waals surface area contributed by atoms with Crippen LogP contribution < -0.4 is 28.9 Å². The van der Waals surface area contributed by atoms with Crippen LogP contribution in [0.3, 0.4) is 0 Å². The minimum Gasteiger partial charge on any atom is -0.488 e. The third kappa shape index (κ3) is 5.81. The number of ether oxygens (including phenoxy) is 1. The summed E-state index contributed by atoms with van der Waals surface area (Å²) in [5.41, 5.74) is 2.82. The molecule has 0 unspecified atom stereocenters. The summed E-state index contributed by atoms with van der Waals surface area (Å²) >= 11 is 0. The number of benzene rings is 2. The molecule has 2 aromatic carbocycles. The van der Waals surface area contributed by atoms with E-state index in [1.807, 2.05) is 77.1 Å². The first-order valence-electron chi connectivity index (χ1n) is 7.37. The SMILES string of the molecule is Cc1cccc(C)c1C(=O)[P-]c1ccc(OC(C)(C)C)cc1.[Li+]. The van der Waals surface area contributed by atoms with Gasteiger partial charge < -0.3 is 18.1 Å². The minimum absolute atomic E-state index is 0. The molecule has 0 saturated heterocycles. The fraction of sp³-hybridized carbons (Fsp3) is 0.316. The van der Waals surface area contributed by atoms with Crippen LogP contribution in [0, 0.1) is 13.8 Å². The van der Waals surface area contributed by atoms with Gasteiger partial charge in [0.05, 0.1) is 0 Å². The van der Waals surface area contributed by atoms with E-state index >= 15 is 0 Å². The van der Waals surface area contributed by atoms with E-state index in [0.717, 1.165) is 27.7 Å². The zero-order valence-electron chi connectivity index (χ0n) is 14.8. The van der Waals surface area contributed by atoms with Crippen LogP contribution in [0.1, 0.15) is 42.3 Å². The van der Waals surface area contributed by atoms with Crippen molar-refractivity contribution >= 4 is 19.4 Å². The van der Waals surface area contributed by atoms with Crippen molar-refractivity contribution in [3.05, 3.63) is 59.2 Å². The second-order valence-electron chi connectivity index (χ2n) is 6.39. The topological polar surface area (TPSA) is 26.3 Å². The Bertz CT molecular complexity index is 653. The van der Waals surface area contributed by atoms with Crippen LogP contribution in [0.2, 0.25) is 0 Å². The molecule has 0 radical (unpaired) electrons. The zero-order valence-corrected chi connectivity index (χ0v) is 15.7. The van der Waals surface area contributed by atoms with E-state index in [0.29, 0.717) is 8.58 Å². The number of aryl methyl sites for hydroxylation is 2. The third-order valence-electron chi connectivity index (χ3n) is 3.19. The predicted octanol–water partition coefficient (Wildman–Crippen LogP) is 1.90. The Morgan fingerprint density at radius 3 is 1.96 bits per heavy atom. The first-order chi connectivity index (χ1) is 10.3. The molecular formula is C19H22LiO2P. The Kier molecular flexibility index (Phi) is 7.09. The smallest absolute Gasteiger partial charge is 0.488 e. The van der Waals surface area contributed by atoms with E-state index in [2.05, 4.69) is 0 Å². The van der Waals surface area contributed by atoms with Gasteiger partial charge in [0.25, 0.3) is 0 Å². The Balaban J connectivity index is 0.00000264. The Morgan fingerprint density at radius 2 is 1.48 bits per heavy atom. The van der Waals surface area contributed by atoms with E-state index in [-0.39, 0.29) is 30.0 Å². The van der Waals surface area contributed by atoms with Crippen LogP contribution in [0.15, 0.2) is 42.5 Å². The first kappa shape index (κ1) is 20.0. The molecule has 0 aliphatic rings. The summed E-state index contributed by atoms with van der Waals surface area (Å²) in [6, 6.07) is 13.7. The van der Waals surface area contributed by atoms with Gasteiger partial charge in [-0.3, -0.25) is 0 Å². The molecule has 0 atom stereocenters. The van der Waals surface area contributed by atoms with Crippen molar-refractivity contribution in [3.63, 3.8) is 0 Å². The number of hydrogen-bond acceptors (Lipinski definition) is 2. The van der Waals surface area contributed by atoms with Gasteiger partial charge in [0.2, 0.25) is 0 Å². The molecule has 0 aromatic heterocycles. The first-order valence-corrected chi connectivity index (χ1v) is 8.27. The van der Waals surface area contributed by atoms with Crippen molar-refractivity contribution < 1.29 is 28.4 Å². The van der Waals surface area contributed by atoms with Gasteiger partial charge in [0.1, 0.15) is 11.4 Å². The summed E-state index contributed by atoms with van der Waals surface area (Å²) in [4.78, 5) is 12.5. The van der Waals surface area contributed by atoms with Crippen LogP contribution in [0.25, 0.3) is 0 Å². The summed E-state index contributed by atoms with van der Waals surface area (Å²) in [6.07, 6.45) is 0. The Hall–Kier alpha value is -1.06. The molecule has 0 fully saturated rings. The van der Waals surface area contributed by atoms with Crippen molar-refractivity contribution in [1.82, 2.24) is 0 Å². The average Bonchev–Trinajstić information content (AvgIpc) is 2.39. The molecule has 0 aliphatic heterocycles. The van der Waals surface area contributed by atoms with Gasteiger partial charge in [-0.2, -0.15) is 5.30 Å². The molecule has 23 heavy (non-hydrogen) atoms. The summed E-state index contributed by atoms with van der Waals surface area (Å²) in [7, 11) is 0.698. The van der Waals surface area contributed by atoms with Crippen LogP contribution in [0.4, 0.5) is 0 Å². The van der Waals surface area contributed by atoms with E-state index in [1.165, 1.54) is 0 Å². The quantitative estimate of drug-likeness (QED) is 0.635. The van der Waals surface area contributed by atoms with Crippen LogP contribution in [0.5, 0.6) is 5.75 Å². The number of rotatable bonds is 4. The number of hydrogen-bond donors (Lipinski definition) is 0. The molecule has 0 bridgehead atoms.